The van der Waals surface area contributed by atoms with Crippen molar-refractivity contribution in [2.24, 2.45) is 5.41 Å². The molecule has 1 atom stereocenters. The molecule has 1 aliphatic rings. The maximum atomic E-state index is 12.3. The Hall–Kier alpha value is 0.0600. The Kier molecular flexibility index (Phi) is 4.94. The summed E-state index contributed by atoms with van der Waals surface area (Å²) in [6.07, 6.45) is -4.59. The Morgan fingerprint density at radius 3 is 2.38 bits per heavy atom. The van der Waals surface area contributed by atoms with E-state index in [1.54, 1.807) is 0 Å². The van der Waals surface area contributed by atoms with Crippen LogP contribution < -0.4 is 0 Å². The molecule has 0 saturated carbocycles. The average molecular weight is 258 g/mol. The van der Waals surface area contributed by atoms with Gasteiger partial charge in [-0.1, -0.05) is 0 Å². The summed E-state index contributed by atoms with van der Waals surface area (Å²) in [6, 6.07) is 0. The van der Waals surface area contributed by atoms with Gasteiger partial charge in [0, 0.05) is 18.6 Å². The van der Waals surface area contributed by atoms with Crippen LogP contribution in [-0.4, -0.2) is 37.9 Å². The number of hydrogen-bond acceptors (Lipinski definition) is 3. The second-order valence-corrected chi connectivity index (χ2v) is 4.58. The monoisotopic (exact) mass is 258 g/mol. The lowest BCUT2D eigenvalue weighted by Crippen LogP contribution is -2.39. The lowest BCUT2D eigenvalue weighted by molar-refractivity contribution is -0.222. The van der Waals surface area contributed by atoms with Gasteiger partial charge in [0.15, 0.2) is 6.10 Å². The van der Waals surface area contributed by atoms with E-state index in [1.807, 2.05) is 0 Å². The molecule has 16 heavy (non-hydrogen) atoms. The van der Waals surface area contributed by atoms with Crippen molar-refractivity contribution < 1.29 is 22.6 Å². The molecule has 1 rings (SSSR count). The molecule has 2 nitrogen and oxygen atoms in total. The van der Waals surface area contributed by atoms with Gasteiger partial charge in [0.2, 0.25) is 0 Å². The summed E-state index contributed by atoms with van der Waals surface area (Å²) in [4.78, 5) is 0. The molecular weight excluding hydrogens is 241 g/mol. The van der Waals surface area contributed by atoms with Crippen molar-refractivity contribution in [2.45, 2.75) is 32.0 Å². The molecule has 0 bridgehead atoms. The van der Waals surface area contributed by atoms with E-state index in [2.05, 4.69) is 12.6 Å². The van der Waals surface area contributed by atoms with Crippen LogP contribution in [0.4, 0.5) is 13.2 Å². The zero-order valence-electron chi connectivity index (χ0n) is 9.22. The van der Waals surface area contributed by atoms with Crippen molar-refractivity contribution in [2.75, 3.05) is 25.6 Å². The summed E-state index contributed by atoms with van der Waals surface area (Å²) in [5, 5.41) is 0. The van der Waals surface area contributed by atoms with E-state index in [-0.39, 0.29) is 12.0 Å². The molecule has 0 aromatic carbocycles. The normalized spacial score (nSPS) is 23.1. The maximum absolute atomic E-state index is 12.3. The fourth-order valence-electron chi connectivity index (χ4n) is 1.55. The van der Waals surface area contributed by atoms with Gasteiger partial charge in [0.25, 0.3) is 0 Å². The van der Waals surface area contributed by atoms with Gasteiger partial charge in [-0.2, -0.15) is 25.8 Å². The third-order valence-corrected chi connectivity index (χ3v) is 3.66. The zero-order chi connectivity index (χ0) is 12.2. The van der Waals surface area contributed by atoms with Crippen molar-refractivity contribution >= 4 is 12.6 Å². The van der Waals surface area contributed by atoms with Gasteiger partial charge in [0.05, 0.1) is 6.61 Å². The SMILES string of the molecule is CC(OCC1(CS)CCOCC1)C(F)(F)F. The van der Waals surface area contributed by atoms with Crippen LogP contribution in [-0.2, 0) is 9.47 Å². The van der Waals surface area contributed by atoms with Crippen LogP contribution in [0.3, 0.4) is 0 Å². The molecular formula is C10H17F3O2S. The summed E-state index contributed by atoms with van der Waals surface area (Å²) >= 11 is 4.21. The number of alkyl halides is 3. The van der Waals surface area contributed by atoms with E-state index in [0.717, 1.165) is 6.92 Å². The van der Waals surface area contributed by atoms with Crippen LogP contribution in [0.2, 0.25) is 0 Å². The van der Waals surface area contributed by atoms with E-state index in [0.29, 0.717) is 31.8 Å². The van der Waals surface area contributed by atoms with Gasteiger partial charge in [-0.05, 0) is 25.5 Å². The second-order valence-electron chi connectivity index (χ2n) is 4.27. The van der Waals surface area contributed by atoms with E-state index >= 15 is 0 Å². The quantitative estimate of drug-likeness (QED) is 0.782. The Balaban J connectivity index is 2.45. The van der Waals surface area contributed by atoms with Crippen molar-refractivity contribution in [1.82, 2.24) is 0 Å². The first kappa shape index (κ1) is 14.1. The van der Waals surface area contributed by atoms with Gasteiger partial charge in [-0.25, -0.2) is 0 Å². The first-order valence-corrected chi connectivity index (χ1v) is 5.90. The third-order valence-electron chi connectivity index (χ3n) is 2.99. The largest absolute Gasteiger partial charge is 0.414 e. The number of hydrogen-bond donors (Lipinski definition) is 1. The highest BCUT2D eigenvalue weighted by Crippen LogP contribution is 2.33. The predicted octanol–water partition coefficient (Wildman–Crippen LogP) is 2.68. The lowest BCUT2D eigenvalue weighted by atomic mass is 9.83. The standard InChI is InChI=1S/C10H17F3O2S/c1-8(10(11,12)13)15-6-9(7-16)2-4-14-5-3-9/h8,16H,2-7H2,1H3. The van der Waals surface area contributed by atoms with Crippen LogP contribution in [0.15, 0.2) is 0 Å². The molecule has 0 aromatic heterocycles. The van der Waals surface area contributed by atoms with E-state index in [9.17, 15) is 13.2 Å². The molecule has 0 aliphatic carbocycles. The van der Waals surface area contributed by atoms with Crippen LogP contribution in [0.5, 0.6) is 0 Å². The smallest absolute Gasteiger partial charge is 0.381 e. The maximum Gasteiger partial charge on any atom is 0.414 e. The molecule has 1 saturated heterocycles. The minimum Gasteiger partial charge on any atom is -0.381 e. The minimum absolute atomic E-state index is 0.0978. The molecule has 0 aromatic rings. The highest BCUT2D eigenvalue weighted by Gasteiger charge is 2.39. The van der Waals surface area contributed by atoms with Crippen molar-refractivity contribution in [3.8, 4) is 0 Å². The van der Waals surface area contributed by atoms with Crippen LogP contribution in [0.25, 0.3) is 0 Å². The highest BCUT2D eigenvalue weighted by molar-refractivity contribution is 7.80. The van der Waals surface area contributed by atoms with E-state index in [4.69, 9.17) is 9.47 Å². The Morgan fingerprint density at radius 2 is 1.94 bits per heavy atom. The van der Waals surface area contributed by atoms with Gasteiger partial charge >= 0.3 is 6.18 Å². The summed E-state index contributed by atoms with van der Waals surface area (Å²) in [5.41, 5.74) is -0.263. The predicted molar refractivity (Wildman–Crippen MR) is 57.8 cm³/mol. The first-order valence-electron chi connectivity index (χ1n) is 5.27. The minimum atomic E-state index is -4.29. The molecule has 1 heterocycles. The molecule has 0 amide bonds. The number of halogens is 3. The molecule has 1 unspecified atom stereocenters. The van der Waals surface area contributed by atoms with Crippen molar-refractivity contribution in [3.05, 3.63) is 0 Å². The Bertz CT molecular complexity index is 215. The van der Waals surface area contributed by atoms with Gasteiger partial charge < -0.3 is 9.47 Å². The average Bonchev–Trinajstić information content (AvgIpc) is 2.26. The van der Waals surface area contributed by atoms with Crippen LogP contribution in [0.1, 0.15) is 19.8 Å². The molecule has 96 valence electrons. The molecule has 1 fully saturated rings. The molecule has 0 N–H and O–H groups in total. The van der Waals surface area contributed by atoms with E-state index < -0.39 is 12.3 Å². The molecule has 0 spiro atoms. The summed E-state index contributed by atoms with van der Waals surface area (Å²) in [5.74, 6) is 0.529. The van der Waals surface area contributed by atoms with E-state index in [1.165, 1.54) is 0 Å². The lowest BCUT2D eigenvalue weighted by Gasteiger charge is -2.36. The third kappa shape index (κ3) is 3.82. The van der Waals surface area contributed by atoms with Crippen molar-refractivity contribution in [1.29, 1.82) is 0 Å². The Morgan fingerprint density at radius 1 is 1.38 bits per heavy atom. The zero-order valence-corrected chi connectivity index (χ0v) is 10.1. The number of rotatable bonds is 4. The second kappa shape index (κ2) is 5.60. The summed E-state index contributed by atoms with van der Waals surface area (Å²) < 4.78 is 46.9. The fraction of sp³-hybridized carbons (Fsp3) is 1.00. The molecule has 6 heteroatoms. The number of ether oxygens (including phenoxy) is 2. The molecule has 1 aliphatic heterocycles. The van der Waals surface area contributed by atoms with Crippen molar-refractivity contribution in [3.63, 3.8) is 0 Å². The highest BCUT2D eigenvalue weighted by atomic mass is 32.1. The first-order chi connectivity index (χ1) is 7.40. The summed E-state index contributed by atoms with van der Waals surface area (Å²) in [7, 11) is 0. The van der Waals surface area contributed by atoms with Gasteiger partial charge in [-0.15, -0.1) is 0 Å². The van der Waals surface area contributed by atoms with Crippen LogP contribution in [0, 0.1) is 5.41 Å². The topological polar surface area (TPSA) is 18.5 Å². The molecule has 0 radical (unpaired) electrons. The van der Waals surface area contributed by atoms with Crippen LogP contribution >= 0.6 is 12.6 Å². The fourth-order valence-corrected chi connectivity index (χ4v) is 1.96. The Labute approximate surface area is 98.9 Å². The van der Waals surface area contributed by atoms with Gasteiger partial charge in [-0.3, -0.25) is 0 Å². The summed E-state index contributed by atoms with van der Waals surface area (Å²) in [6.45, 7) is 2.28. The number of thiol groups is 1. The van der Waals surface area contributed by atoms with Gasteiger partial charge in [0.1, 0.15) is 0 Å².